The third kappa shape index (κ3) is 0.825. The number of aliphatic hydroxyl groups is 2. The summed E-state index contributed by atoms with van der Waals surface area (Å²) in [5.74, 6) is 0.160. The molecule has 2 heteroatoms. The second-order valence-corrected chi connectivity index (χ2v) is 3.98. The Labute approximate surface area is 82.6 Å². The van der Waals surface area contributed by atoms with Gasteiger partial charge in [0.05, 0.1) is 13.2 Å². The normalized spacial score (nSPS) is 27.9. The first-order chi connectivity index (χ1) is 6.85. The van der Waals surface area contributed by atoms with Gasteiger partial charge in [0.15, 0.2) is 0 Å². The average Bonchev–Trinajstić information content (AvgIpc) is 2.87. The zero-order valence-electron chi connectivity index (χ0n) is 7.83. The molecule has 3 rings (SSSR count). The zero-order chi connectivity index (χ0) is 9.71. The molecule has 0 heterocycles. The molecule has 0 aliphatic heterocycles. The van der Waals surface area contributed by atoms with Crippen LogP contribution in [0.1, 0.15) is 6.42 Å². The summed E-state index contributed by atoms with van der Waals surface area (Å²) in [6.07, 6.45) is 7.20. The van der Waals surface area contributed by atoms with Gasteiger partial charge in [-0.3, -0.25) is 0 Å². The van der Waals surface area contributed by atoms with Crippen LogP contribution in [-0.4, -0.2) is 23.4 Å². The van der Waals surface area contributed by atoms with Crippen LogP contribution in [0.4, 0.5) is 0 Å². The zero-order valence-corrected chi connectivity index (χ0v) is 7.83. The fourth-order valence-electron chi connectivity index (χ4n) is 2.65. The van der Waals surface area contributed by atoms with E-state index in [4.69, 9.17) is 5.11 Å². The van der Waals surface area contributed by atoms with Gasteiger partial charge >= 0.3 is 0 Å². The van der Waals surface area contributed by atoms with Gasteiger partial charge in [0.25, 0.3) is 0 Å². The van der Waals surface area contributed by atoms with Crippen molar-refractivity contribution < 1.29 is 10.2 Å². The highest BCUT2D eigenvalue weighted by molar-refractivity contribution is 5.71. The fourth-order valence-corrected chi connectivity index (χ4v) is 2.65. The van der Waals surface area contributed by atoms with Crippen molar-refractivity contribution in [2.75, 3.05) is 13.2 Å². The molecule has 72 valence electrons. The minimum atomic E-state index is 0.119. The number of aliphatic hydroxyl groups excluding tert-OH is 2. The van der Waals surface area contributed by atoms with Crippen molar-refractivity contribution in [3.8, 4) is 0 Å². The van der Waals surface area contributed by atoms with Crippen molar-refractivity contribution in [1.82, 2.24) is 0 Å². The third-order valence-corrected chi connectivity index (χ3v) is 3.30. The lowest BCUT2D eigenvalue weighted by Crippen LogP contribution is -2.06. The van der Waals surface area contributed by atoms with Gasteiger partial charge in [0.1, 0.15) is 0 Å². The van der Waals surface area contributed by atoms with E-state index in [2.05, 4.69) is 18.2 Å². The molecule has 3 aliphatic carbocycles. The molecule has 0 spiro atoms. The maximum Gasteiger partial charge on any atom is 0.0684 e. The molecule has 2 bridgehead atoms. The Hall–Kier alpha value is -1.12. The fraction of sp³-hybridized carbons (Fsp3) is 0.333. The second-order valence-electron chi connectivity index (χ2n) is 3.98. The summed E-state index contributed by atoms with van der Waals surface area (Å²) in [4.78, 5) is 0. The molecular formula is C12H12O2. The number of hydrogen-bond acceptors (Lipinski definition) is 2. The Morgan fingerprint density at radius 3 is 2.93 bits per heavy atom. The predicted octanol–water partition coefficient (Wildman–Crippen LogP) is 1.09. The van der Waals surface area contributed by atoms with Crippen LogP contribution in [0.25, 0.3) is 0 Å². The molecule has 0 amide bonds. The van der Waals surface area contributed by atoms with E-state index in [9.17, 15) is 5.11 Å². The van der Waals surface area contributed by atoms with Crippen molar-refractivity contribution in [2.24, 2.45) is 5.92 Å². The number of allylic oxidation sites excluding steroid dienone is 4. The molecule has 14 heavy (non-hydrogen) atoms. The number of hydrogen-bond donors (Lipinski definition) is 2. The maximum atomic E-state index is 9.21. The molecule has 0 saturated carbocycles. The maximum absolute atomic E-state index is 9.21. The lowest BCUT2D eigenvalue weighted by Gasteiger charge is -2.13. The van der Waals surface area contributed by atoms with Crippen molar-refractivity contribution in [1.29, 1.82) is 0 Å². The Bertz CT molecular complexity index is 422. The van der Waals surface area contributed by atoms with E-state index in [1.807, 2.05) is 0 Å². The molecule has 0 fully saturated rings. The van der Waals surface area contributed by atoms with E-state index in [0.29, 0.717) is 0 Å². The van der Waals surface area contributed by atoms with E-state index in [0.717, 1.165) is 12.0 Å². The summed E-state index contributed by atoms with van der Waals surface area (Å²) in [5.41, 5.74) is 6.15. The van der Waals surface area contributed by atoms with Gasteiger partial charge in [-0.05, 0) is 34.3 Å². The van der Waals surface area contributed by atoms with Gasteiger partial charge < -0.3 is 10.2 Å². The predicted molar refractivity (Wildman–Crippen MR) is 53.6 cm³/mol. The van der Waals surface area contributed by atoms with Gasteiger partial charge in [0.2, 0.25) is 0 Å². The molecule has 0 aromatic heterocycles. The summed E-state index contributed by atoms with van der Waals surface area (Å²) in [7, 11) is 0. The SMILES string of the molecule is OCC1=C2CC(=C1)C1=C2C(CO)C=C1. The first kappa shape index (κ1) is 8.21. The van der Waals surface area contributed by atoms with Crippen molar-refractivity contribution in [3.05, 3.63) is 46.1 Å². The first-order valence-electron chi connectivity index (χ1n) is 4.92. The van der Waals surface area contributed by atoms with E-state index in [-0.39, 0.29) is 19.1 Å². The van der Waals surface area contributed by atoms with Gasteiger partial charge in [-0.15, -0.1) is 0 Å². The minimum Gasteiger partial charge on any atom is -0.395 e. The van der Waals surface area contributed by atoms with Crippen LogP contribution in [0, 0.1) is 5.92 Å². The van der Waals surface area contributed by atoms with Gasteiger partial charge in [0, 0.05) is 5.92 Å². The monoisotopic (exact) mass is 188 g/mol. The molecule has 2 N–H and O–H groups in total. The Kier molecular flexibility index (Phi) is 1.58. The minimum absolute atomic E-state index is 0.119. The second kappa shape index (κ2) is 2.69. The smallest absolute Gasteiger partial charge is 0.0684 e. The Morgan fingerprint density at radius 1 is 1.36 bits per heavy atom. The topological polar surface area (TPSA) is 40.5 Å². The van der Waals surface area contributed by atoms with Crippen molar-refractivity contribution >= 4 is 0 Å². The highest BCUT2D eigenvalue weighted by Crippen LogP contribution is 2.50. The molecule has 0 radical (unpaired) electrons. The first-order valence-corrected chi connectivity index (χ1v) is 4.92. The van der Waals surface area contributed by atoms with Crippen LogP contribution in [0.15, 0.2) is 46.1 Å². The van der Waals surface area contributed by atoms with Crippen molar-refractivity contribution in [3.63, 3.8) is 0 Å². The Balaban J connectivity index is 2.11. The van der Waals surface area contributed by atoms with E-state index in [1.54, 1.807) is 0 Å². The molecule has 0 aromatic rings. The lowest BCUT2D eigenvalue weighted by molar-refractivity contribution is 0.270. The molecule has 3 aliphatic rings. The van der Waals surface area contributed by atoms with E-state index < -0.39 is 0 Å². The Morgan fingerprint density at radius 2 is 2.21 bits per heavy atom. The molecular weight excluding hydrogens is 176 g/mol. The van der Waals surface area contributed by atoms with E-state index >= 15 is 0 Å². The highest BCUT2D eigenvalue weighted by Gasteiger charge is 2.35. The van der Waals surface area contributed by atoms with Gasteiger partial charge in [-0.2, -0.15) is 0 Å². The van der Waals surface area contributed by atoms with Crippen LogP contribution in [0.2, 0.25) is 0 Å². The average molecular weight is 188 g/mol. The summed E-state index contributed by atoms with van der Waals surface area (Å²) in [6, 6.07) is 0. The van der Waals surface area contributed by atoms with Crippen LogP contribution in [-0.2, 0) is 0 Å². The van der Waals surface area contributed by atoms with Gasteiger partial charge in [-0.25, -0.2) is 0 Å². The van der Waals surface area contributed by atoms with Crippen LogP contribution < -0.4 is 0 Å². The summed E-state index contributed by atoms with van der Waals surface area (Å²) >= 11 is 0. The largest absolute Gasteiger partial charge is 0.395 e. The molecule has 1 atom stereocenters. The quantitative estimate of drug-likeness (QED) is 0.681. The lowest BCUT2D eigenvalue weighted by atomic mass is 9.93. The number of fused-ring (bicyclic) bond motifs is 4. The number of rotatable bonds is 2. The highest BCUT2D eigenvalue weighted by atomic mass is 16.3. The molecule has 0 aromatic carbocycles. The summed E-state index contributed by atoms with van der Waals surface area (Å²) < 4.78 is 0. The van der Waals surface area contributed by atoms with Crippen molar-refractivity contribution in [2.45, 2.75) is 6.42 Å². The standard InChI is InChI=1S/C12H12O2/c13-5-7-1-2-10-8-3-9(6-14)11(4-8)12(7)10/h1-3,7,13-14H,4-6H2. The van der Waals surface area contributed by atoms with Crippen LogP contribution >= 0.6 is 0 Å². The molecule has 0 saturated heterocycles. The van der Waals surface area contributed by atoms with Crippen LogP contribution in [0.5, 0.6) is 0 Å². The summed E-state index contributed by atoms with van der Waals surface area (Å²) in [5, 5.41) is 18.4. The summed E-state index contributed by atoms with van der Waals surface area (Å²) in [6.45, 7) is 0.290. The van der Waals surface area contributed by atoms with Crippen LogP contribution in [0.3, 0.4) is 0 Å². The third-order valence-electron chi connectivity index (χ3n) is 3.30. The molecule has 2 nitrogen and oxygen atoms in total. The van der Waals surface area contributed by atoms with Gasteiger partial charge in [-0.1, -0.05) is 18.2 Å². The molecule has 1 unspecified atom stereocenters. The van der Waals surface area contributed by atoms with E-state index in [1.165, 1.54) is 22.3 Å².